The molecule has 7 heteroatoms. The maximum absolute atomic E-state index is 12.2. The molecule has 0 unspecified atom stereocenters. The molecular weight excluding hydrogens is 247 g/mol. The number of hydrazone groups is 1. The van der Waals surface area contributed by atoms with Gasteiger partial charge in [-0.2, -0.15) is 23.5 Å². The fraction of sp³-hybridized carbons (Fsp3) is 0.182. The van der Waals surface area contributed by atoms with Crippen LogP contribution in [0.25, 0.3) is 0 Å². The second-order valence-electron chi connectivity index (χ2n) is 3.25. The Morgan fingerprint density at radius 3 is 2.50 bits per heavy atom. The summed E-state index contributed by atoms with van der Waals surface area (Å²) in [5.41, 5.74) is 1.71. The first-order valence-corrected chi connectivity index (χ1v) is 4.79. The van der Waals surface area contributed by atoms with E-state index in [9.17, 15) is 18.0 Å². The minimum absolute atomic E-state index is 0.329. The highest BCUT2D eigenvalue weighted by Crippen LogP contribution is 2.28. The molecule has 0 spiro atoms. The van der Waals surface area contributed by atoms with Gasteiger partial charge in [-0.15, -0.1) is 0 Å². The molecule has 0 aliphatic carbocycles. The van der Waals surface area contributed by atoms with Gasteiger partial charge in [0.1, 0.15) is 6.42 Å². The Morgan fingerprint density at radius 1 is 1.39 bits per heavy atom. The van der Waals surface area contributed by atoms with Gasteiger partial charge in [-0.3, -0.25) is 4.79 Å². The normalized spacial score (nSPS) is 11.2. The van der Waals surface area contributed by atoms with Crippen LogP contribution in [0.1, 0.15) is 17.5 Å². The van der Waals surface area contributed by atoms with Crippen LogP contribution in [0.5, 0.6) is 0 Å². The highest BCUT2D eigenvalue weighted by atomic mass is 19.4. The average Bonchev–Trinajstić information content (AvgIpc) is 2.29. The Bertz CT molecular complexity index is 486. The van der Waals surface area contributed by atoms with Crippen molar-refractivity contribution in [3.8, 4) is 6.07 Å². The van der Waals surface area contributed by atoms with Crippen LogP contribution in [0, 0.1) is 11.3 Å². The lowest BCUT2D eigenvalue weighted by atomic mass is 10.1. The van der Waals surface area contributed by atoms with Gasteiger partial charge in [-0.25, -0.2) is 5.43 Å². The highest BCUT2D eigenvalue weighted by molar-refractivity contribution is 5.83. The molecule has 4 nitrogen and oxygen atoms in total. The number of amides is 1. The molecular formula is C11H8F3N3O. The van der Waals surface area contributed by atoms with Gasteiger partial charge in [-0.1, -0.05) is 12.1 Å². The van der Waals surface area contributed by atoms with Crippen LogP contribution < -0.4 is 5.43 Å². The third-order valence-electron chi connectivity index (χ3n) is 1.88. The summed E-state index contributed by atoms with van der Waals surface area (Å²) in [6.45, 7) is 0. The third-order valence-corrected chi connectivity index (χ3v) is 1.88. The molecule has 1 N–H and O–H groups in total. The maximum atomic E-state index is 12.2. The highest BCUT2D eigenvalue weighted by Gasteiger charge is 2.29. The van der Waals surface area contributed by atoms with E-state index in [4.69, 9.17) is 5.26 Å². The molecule has 0 aliphatic heterocycles. The number of halogens is 3. The van der Waals surface area contributed by atoms with Gasteiger partial charge < -0.3 is 0 Å². The molecule has 1 aromatic rings. The van der Waals surface area contributed by atoms with Gasteiger partial charge in [0.25, 0.3) is 5.91 Å². The molecule has 1 rings (SSSR count). The van der Waals surface area contributed by atoms with E-state index in [1.165, 1.54) is 18.3 Å². The average molecular weight is 255 g/mol. The zero-order valence-corrected chi connectivity index (χ0v) is 9.03. The summed E-state index contributed by atoms with van der Waals surface area (Å²) in [6.07, 6.45) is -3.52. The Balaban J connectivity index is 2.62. The van der Waals surface area contributed by atoms with Crippen molar-refractivity contribution in [2.24, 2.45) is 5.10 Å². The van der Waals surface area contributed by atoms with E-state index in [0.717, 1.165) is 12.1 Å². The van der Waals surface area contributed by atoms with Crippen LogP contribution in [-0.2, 0) is 11.0 Å². The number of carbonyl (C=O) groups is 1. The number of alkyl halides is 3. The Hall–Kier alpha value is -2.36. The van der Waals surface area contributed by atoms with Gasteiger partial charge in [0.2, 0.25) is 0 Å². The van der Waals surface area contributed by atoms with E-state index in [2.05, 4.69) is 10.5 Å². The molecule has 1 aromatic carbocycles. The number of nitrogens with one attached hydrogen (secondary N) is 1. The molecule has 0 aliphatic rings. The molecule has 0 radical (unpaired) electrons. The van der Waals surface area contributed by atoms with Crippen molar-refractivity contribution in [3.05, 3.63) is 35.4 Å². The predicted octanol–water partition coefficient (Wildman–Crippen LogP) is 2.07. The smallest absolute Gasteiger partial charge is 0.272 e. The second kappa shape index (κ2) is 5.82. The van der Waals surface area contributed by atoms with Crippen molar-refractivity contribution in [1.29, 1.82) is 5.26 Å². The fourth-order valence-corrected chi connectivity index (χ4v) is 1.05. The number of hydrogen-bond acceptors (Lipinski definition) is 3. The molecule has 94 valence electrons. The molecule has 0 aromatic heterocycles. The van der Waals surface area contributed by atoms with E-state index in [1.807, 2.05) is 0 Å². The minimum atomic E-state index is -4.38. The van der Waals surface area contributed by atoms with Crippen LogP contribution in [-0.4, -0.2) is 12.1 Å². The standard InChI is InChI=1S/C11H8F3N3O/c12-11(13,14)9-3-1-8(2-4-9)7-16-17-10(18)5-6-15/h1-4,7H,5H2,(H,17,18)/b16-7+. The molecule has 0 saturated carbocycles. The monoisotopic (exact) mass is 255 g/mol. The number of nitriles is 1. The number of hydrogen-bond donors (Lipinski definition) is 1. The molecule has 0 atom stereocenters. The Kier molecular flexibility index (Phi) is 4.43. The Labute approximate surface area is 101 Å². The van der Waals surface area contributed by atoms with Crippen molar-refractivity contribution < 1.29 is 18.0 Å². The van der Waals surface area contributed by atoms with E-state index in [-0.39, 0.29) is 6.42 Å². The summed E-state index contributed by atoms with van der Waals surface area (Å²) in [6, 6.07) is 5.91. The van der Waals surface area contributed by atoms with Crippen LogP contribution in [0.3, 0.4) is 0 Å². The molecule has 18 heavy (non-hydrogen) atoms. The maximum Gasteiger partial charge on any atom is 0.416 e. The van der Waals surface area contributed by atoms with Gasteiger partial charge in [0.15, 0.2) is 0 Å². The summed E-state index contributed by atoms with van der Waals surface area (Å²) in [5, 5.41) is 11.7. The summed E-state index contributed by atoms with van der Waals surface area (Å²) in [7, 11) is 0. The second-order valence-corrected chi connectivity index (χ2v) is 3.25. The zero-order valence-electron chi connectivity index (χ0n) is 9.03. The largest absolute Gasteiger partial charge is 0.416 e. The minimum Gasteiger partial charge on any atom is -0.272 e. The van der Waals surface area contributed by atoms with Crippen molar-refractivity contribution in [2.45, 2.75) is 12.6 Å². The SMILES string of the molecule is N#CCC(=O)N/N=C/c1ccc(C(F)(F)F)cc1. The van der Waals surface area contributed by atoms with Crippen molar-refractivity contribution >= 4 is 12.1 Å². The molecule has 1 amide bonds. The number of carbonyl (C=O) groups excluding carboxylic acids is 1. The van der Waals surface area contributed by atoms with E-state index >= 15 is 0 Å². The van der Waals surface area contributed by atoms with E-state index < -0.39 is 17.6 Å². The predicted molar refractivity (Wildman–Crippen MR) is 57.4 cm³/mol. The summed E-state index contributed by atoms with van der Waals surface area (Å²) >= 11 is 0. The molecule has 0 fully saturated rings. The lowest BCUT2D eigenvalue weighted by Crippen LogP contribution is -2.16. The number of rotatable bonds is 3. The first kappa shape index (κ1) is 13.7. The topological polar surface area (TPSA) is 65.2 Å². The fourth-order valence-electron chi connectivity index (χ4n) is 1.05. The van der Waals surface area contributed by atoms with Gasteiger partial charge >= 0.3 is 6.18 Å². The first-order chi connectivity index (χ1) is 8.43. The van der Waals surface area contributed by atoms with Crippen LogP contribution in [0.15, 0.2) is 29.4 Å². The van der Waals surface area contributed by atoms with Crippen LogP contribution >= 0.6 is 0 Å². The van der Waals surface area contributed by atoms with Crippen LogP contribution in [0.4, 0.5) is 13.2 Å². The molecule has 0 saturated heterocycles. The molecule has 0 heterocycles. The summed E-state index contributed by atoms with van der Waals surface area (Å²) in [4.78, 5) is 10.8. The molecule has 0 bridgehead atoms. The van der Waals surface area contributed by atoms with E-state index in [0.29, 0.717) is 5.56 Å². The van der Waals surface area contributed by atoms with Gasteiger partial charge in [0, 0.05) is 0 Å². The first-order valence-electron chi connectivity index (χ1n) is 4.79. The summed E-state index contributed by atoms with van der Waals surface area (Å²) in [5.74, 6) is -0.583. The van der Waals surface area contributed by atoms with E-state index in [1.54, 1.807) is 6.07 Å². The van der Waals surface area contributed by atoms with Crippen molar-refractivity contribution in [2.75, 3.05) is 0 Å². The zero-order chi connectivity index (χ0) is 13.6. The lowest BCUT2D eigenvalue weighted by molar-refractivity contribution is -0.137. The summed E-state index contributed by atoms with van der Waals surface area (Å²) < 4.78 is 36.7. The van der Waals surface area contributed by atoms with Crippen molar-refractivity contribution in [1.82, 2.24) is 5.43 Å². The number of benzene rings is 1. The van der Waals surface area contributed by atoms with Crippen LogP contribution in [0.2, 0.25) is 0 Å². The quantitative estimate of drug-likeness (QED) is 0.663. The Morgan fingerprint density at radius 2 is 2.00 bits per heavy atom. The lowest BCUT2D eigenvalue weighted by Gasteiger charge is -2.05. The number of nitrogens with zero attached hydrogens (tertiary/aromatic N) is 2. The third kappa shape index (κ3) is 4.25. The van der Waals surface area contributed by atoms with Crippen molar-refractivity contribution in [3.63, 3.8) is 0 Å². The van der Waals surface area contributed by atoms with Gasteiger partial charge in [0.05, 0.1) is 17.8 Å². The van der Waals surface area contributed by atoms with Gasteiger partial charge in [-0.05, 0) is 17.7 Å².